The highest BCUT2D eigenvalue weighted by molar-refractivity contribution is 5.85. The molecule has 0 aliphatic carbocycles. The molecule has 66 valence electrons. The Labute approximate surface area is 77.2 Å². The molecule has 12 heavy (non-hydrogen) atoms. The second kappa shape index (κ2) is 3.69. The molecular formula is C7H11ClN4. The summed E-state index contributed by atoms with van der Waals surface area (Å²) in [5.74, 6) is 0. The summed E-state index contributed by atoms with van der Waals surface area (Å²) in [6.07, 6.45) is 5.14. The van der Waals surface area contributed by atoms with Crippen LogP contribution in [0, 0.1) is 0 Å². The van der Waals surface area contributed by atoms with Crippen LogP contribution in [-0.2, 0) is 0 Å². The lowest BCUT2D eigenvalue weighted by molar-refractivity contribution is 0.518. The Morgan fingerprint density at radius 1 is 1.33 bits per heavy atom. The van der Waals surface area contributed by atoms with Crippen molar-refractivity contribution in [1.82, 2.24) is 9.97 Å². The van der Waals surface area contributed by atoms with E-state index in [4.69, 9.17) is 5.73 Å². The van der Waals surface area contributed by atoms with Crippen molar-refractivity contribution >= 4 is 18.1 Å². The number of rotatable bonds is 1. The molecule has 0 spiro atoms. The molecule has 2 rings (SSSR count). The van der Waals surface area contributed by atoms with E-state index in [0.717, 1.165) is 18.8 Å². The Hall–Kier alpha value is -0.870. The first-order valence-corrected chi connectivity index (χ1v) is 3.62. The summed E-state index contributed by atoms with van der Waals surface area (Å²) in [5, 5.41) is 0. The van der Waals surface area contributed by atoms with Crippen LogP contribution in [0.25, 0.3) is 0 Å². The average Bonchev–Trinajstić information content (AvgIpc) is 2.01. The predicted octanol–water partition coefficient (Wildman–Crippen LogP) is 0.0457. The minimum atomic E-state index is 0. The molecule has 1 aromatic heterocycles. The van der Waals surface area contributed by atoms with E-state index in [0.29, 0.717) is 6.04 Å². The van der Waals surface area contributed by atoms with Gasteiger partial charge in [-0.15, -0.1) is 12.4 Å². The van der Waals surface area contributed by atoms with E-state index in [1.807, 2.05) is 0 Å². The predicted molar refractivity (Wildman–Crippen MR) is 49.5 cm³/mol. The zero-order valence-electron chi connectivity index (χ0n) is 6.55. The minimum absolute atomic E-state index is 0. The molecule has 2 heterocycles. The van der Waals surface area contributed by atoms with Crippen LogP contribution in [0.1, 0.15) is 0 Å². The van der Waals surface area contributed by atoms with Gasteiger partial charge in [0.25, 0.3) is 0 Å². The number of nitrogens with two attached hydrogens (primary N) is 1. The van der Waals surface area contributed by atoms with Crippen molar-refractivity contribution in [2.75, 3.05) is 18.0 Å². The lowest BCUT2D eigenvalue weighted by atomic mass is 10.1. The Balaban J connectivity index is 0.000000720. The number of hydrogen-bond acceptors (Lipinski definition) is 4. The summed E-state index contributed by atoms with van der Waals surface area (Å²) >= 11 is 0. The molecule has 0 saturated carbocycles. The van der Waals surface area contributed by atoms with Crippen molar-refractivity contribution in [2.45, 2.75) is 6.04 Å². The van der Waals surface area contributed by atoms with Gasteiger partial charge >= 0.3 is 0 Å². The second-order valence-corrected chi connectivity index (χ2v) is 2.76. The molecule has 0 aromatic carbocycles. The molecule has 1 aliphatic rings. The summed E-state index contributed by atoms with van der Waals surface area (Å²) in [7, 11) is 0. The van der Waals surface area contributed by atoms with E-state index in [9.17, 15) is 0 Å². The SMILES string of the molecule is Cl.NC1CN(c2cncnc2)C1. The third kappa shape index (κ3) is 1.65. The lowest BCUT2D eigenvalue weighted by Gasteiger charge is -2.38. The maximum atomic E-state index is 5.62. The number of nitrogens with zero attached hydrogens (tertiary/aromatic N) is 3. The number of aromatic nitrogens is 2. The summed E-state index contributed by atoms with van der Waals surface area (Å²) in [4.78, 5) is 10.00. The highest BCUT2D eigenvalue weighted by Gasteiger charge is 2.22. The van der Waals surface area contributed by atoms with Crippen LogP contribution in [0.15, 0.2) is 18.7 Å². The van der Waals surface area contributed by atoms with Gasteiger partial charge in [-0.2, -0.15) is 0 Å². The summed E-state index contributed by atoms with van der Waals surface area (Å²) in [6.45, 7) is 1.85. The minimum Gasteiger partial charge on any atom is -0.366 e. The molecule has 4 nitrogen and oxygen atoms in total. The standard InChI is InChI=1S/C7H10N4.ClH/c8-6-3-11(4-6)7-1-9-5-10-2-7;/h1-2,5-6H,3-4,8H2;1H. The molecule has 2 N–H and O–H groups in total. The molecular weight excluding hydrogens is 176 g/mol. The number of anilines is 1. The van der Waals surface area contributed by atoms with Gasteiger partial charge in [-0.3, -0.25) is 0 Å². The Kier molecular flexibility index (Phi) is 2.83. The molecule has 0 amide bonds. The van der Waals surface area contributed by atoms with Gasteiger partial charge in [-0.1, -0.05) is 0 Å². The summed E-state index contributed by atoms with van der Waals surface area (Å²) < 4.78 is 0. The molecule has 0 bridgehead atoms. The van der Waals surface area contributed by atoms with Crippen LogP contribution in [-0.4, -0.2) is 29.1 Å². The average molecular weight is 187 g/mol. The normalized spacial score (nSPS) is 16.6. The molecule has 0 radical (unpaired) electrons. The van der Waals surface area contributed by atoms with Crippen molar-refractivity contribution in [3.63, 3.8) is 0 Å². The lowest BCUT2D eigenvalue weighted by Crippen LogP contribution is -2.55. The van der Waals surface area contributed by atoms with Crippen LogP contribution < -0.4 is 10.6 Å². The monoisotopic (exact) mass is 186 g/mol. The first kappa shape index (κ1) is 9.22. The molecule has 0 unspecified atom stereocenters. The van der Waals surface area contributed by atoms with Gasteiger partial charge in [0.2, 0.25) is 0 Å². The number of halogens is 1. The Morgan fingerprint density at radius 2 is 1.92 bits per heavy atom. The maximum absolute atomic E-state index is 5.62. The van der Waals surface area contributed by atoms with Crippen LogP contribution in [0.5, 0.6) is 0 Å². The zero-order valence-corrected chi connectivity index (χ0v) is 7.37. The van der Waals surface area contributed by atoms with E-state index < -0.39 is 0 Å². The van der Waals surface area contributed by atoms with Crippen LogP contribution in [0.3, 0.4) is 0 Å². The first-order chi connectivity index (χ1) is 5.36. The smallest absolute Gasteiger partial charge is 0.115 e. The zero-order chi connectivity index (χ0) is 7.68. The van der Waals surface area contributed by atoms with Crippen LogP contribution in [0.4, 0.5) is 5.69 Å². The van der Waals surface area contributed by atoms with Crippen molar-refractivity contribution < 1.29 is 0 Å². The second-order valence-electron chi connectivity index (χ2n) is 2.76. The van der Waals surface area contributed by atoms with E-state index in [-0.39, 0.29) is 12.4 Å². The molecule has 0 atom stereocenters. The van der Waals surface area contributed by atoms with Gasteiger partial charge in [0, 0.05) is 19.1 Å². The quantitative estimate of drug-likeness (QED) is 0.673. The van der Waals surface area contributed by atoms with Gasteiger partial charge in [-0.05, 0) is 0 Å². The third-order valence-corrected chi connectivity index (χ3v) is 1.82. The topological polar surface area (TPSA) is 55.0 Å². The van der Waals surface area contributed by atoms with Crippen molar-refractivity contribution in [2.24, 2.45) is 5.73 Å². The van der Waals surface area contributed by atoms with Crippen LogP contribution >= 0.6 is 12.4 Å². The highest BCUT2D eigenvalue weighted by Crippen LogP contribution is 2.16. The van der Waals surface area contributed by atoms with Gasteiger partial charge in [0.1, 0.15) is 6.33 Å². The fourth-order valence-electron chi connectivity index (χ4n) is 1.18. The van der Waals surface area contributed by atoms with Gasteiger partial charge in [-0.25, -0.2) is 9.97 Å². The number of hydrogen-bond donors (Lipinski definition) is 1. The molecule has 5 heteroatoms. The molecule has 1 fully saturated rings. The van der Waals surface area contributed by atoms with Crippen LogP contribution in [0.2, 0.25) is 0 Å². The van der Waals surface area contributed by atoms with Crippen molar-refractivity contribution in [3.8, 4) is 0 Å². The van der Waals surface area contributed by atoms with E-state index in [2.05, 4.69) is 14.9 Å². The highest BCUT2D eigenvalue weighted by atomic mass is 35.5. The van der Waals surface area contributed by atoms with E-state index >= 15 is 0 Å². The fourth-order valence-corrected chi connectivity index (χ4v) is 1.18. The summed E-state index contributed by atoms with van der Waals surface area (Å²) in [6, 6.07) is 0.329. The molecule has 1 aromatic rings. The van der Waals surface area contributed by atoms with Crippen molar-refractivity contribution in [1.29, 1.82) is 0 Å². The first-order valence-electron chi connectivity index (χ1n) is 3.62. The summed E-state index contributed by atoms with van der Waals surface area (Å²) in [5.41, 5.74) is 6.69. The van der Waals surface area contributed by atoms with Gasteiger partial charge in [0.05, 0.1) is 18.1 Å². The van der Waals surface area contributed by atoms with Crippen molar-refractivity contribution in [3.05, 3.63) is 18.7 Å². The van der Waals surface area contributed by atoms with E-state index in [1.54, 1.807) is 12.4 Å². The van der Waals surface area contributed by atoms with Gasteiger partial charge < -0.3 is 10.6 Å². The molecule has 1 aliphatic heterocycles. The maximum Gasteiger partial charge on any atom is 0.115 e. The Bertz CT molecular complexity index is 234. The largest absolute Gasteiger partial charge is 0.366 e. The third-order valence-electron chi connectivity index (χ3n) is 1.82. The fraction of sp³-hybridized carbons (Fsp3) is 0.429. The van der Waals surface area contributed by atoms with E-state index in [1.165, 1.54) is 6.33 Å². The Morgan fingerprint density at radius 3 is 2.42 bits per heavy atom. The van der Waals surface area contributed by atoms with Gasteiger partial charge in [0.15, 0.2) is 0 Å². The molecule has 1 saturated heterocycles.